The average Bonchev–Trinajstić information content (AvgIpc) is 1.88. The van der Waals surface area contributed by atoms with E-state index in [4.69, 9.17) is 0 Å². The molecule has 1 heterocycles. The lowest BCUT2D eigenvalue weighted by Crippen LogP contribution is -2.24. The molecule has 1 atom stereocenters. The highest BCUT2D eigenvalue weighted by molar-refractivity contribution is 5.18. The third kappa shape index (κ3) is 1.60. The Morgan fingerprint density at radius 1 is 1.67 bits per heavy atom. The third-order valence-electron chi connectivity index (χ3n) is 1.49. The highest BCUT2D eigenvalue weighted by atomic mass is 14.9. The van der Waals surface area contributed by atoms with Gasteiger partial charge in [-0.1, -0.05) is 19.1 Å². The average molecular weight is 123 g/mol. The standard InChI is InChI=1S/C8H13N/c1-3-8-6-4-5-7(2)9-8/h4-7,9H,3H2,1-2H3. The van der Waals surface area contributed by atoms with Gasteiger partial charge in [0.2, 0.25) is 0 Å². The van der Waals surface area contributed by atoms with Crippen LogP contribution in [0.4, 0.5) is 0 Å². The van der Waals surface area contributed by atoms with Gasteiger partial charge in [-0.05, 0) is 19.4 Å². The Balaban J connectivity index is 2.55. The molecule has 0 aromatic heterocycles. The molecular formula is C8H13N. The first-order valence-electron chi connectivity index (χ1n) is 3.47. The smallest absolute Gasteiger partial charge is 0.0416 e. The Bertz CT molecular complexity index is 145. The fourth-order valence-electron chi connectivity index (χ4n) is 0.947. The summed E-state index contributed by atoms with van der Waals surface area (Å²) < 4.78 is 0. The summed E-state index contributed by atoms with van der Waals surface area (Å²) in [6.07, 6.45) is 7.49. The summed E-state index contributed by atoms with van der Waals surface area (Å²) in [5, 5.41) is 3.34. The second kappa shape index (κ2) is 2.72. The van der Waals surface area contributed by atoms with E-state index in [-0.39, 0.29) is 0 Å². The van der Waals surface area contributed by atoms with Gasteiger partial charge in [0.15, 0.2) is 0 Å². The van der Waals surface area contributed by atoms with Gasteiger partial charge in [-0.15, -0.1) is 0 Å². The number of hydrogen-bond acceptors (Lipinski definition) is 1. The molecular weight excluding hydrogens is 110 g/mol. The number of hydrogen-bond donors (Lipinski definition) is 1. The number of dihydropyridines is 1. The van der Waals surface area contributed by atoms with Crippen LogP contribution in [-0.4, -0.2) is 6.04 Å². The van der Waals surface area contributed by atoms with Gasteiger partial charge in [0.1, 0.15) is 0 Å². The van der Waals surface area contributed by atoms with E-state index in [0.717, 1.165) is 6.42 Å². The van der Waals surface area contributed by atoms with Crippen LogP contribution in [0.25, 0.3) is 0 Å². The normalized spacial score (nSPS) is 25.1. The van der Waals surface area contributed by atoms with Gasteiger partial charge in [0.25, 0.3) is 0 Å². The Hall–Kier alpha value is -0.720. The summed E-state index contributed by atoms with van der Waals surface area (Å²) >= 11 is 0. The van der Waals surface area contributed by atoms with Crippen molar-refractivity contribution in [1.82, 2.24) is 5.32 Å². The summed E-state index contributed by atoms with van der Waals surface area (Å²) in [7, 11) is 0. The Morgan fingerprint density at radius 2 is 2.44 bits per heavy atom. The lowest BCUT2D eigenvalue weighted by molar-refractivity contribution is 0.693. The topological polar surface area (TPSA) is 12.0 Å². The van der Waals surface area contributed by atoms with Crippen LogP contribution < -0.4 is 5.32 Å². The van der Waals surface area contributed by atoms with Crippen LogP contribution >= 0.6 is 0 Å². The van der Waals surface area contributed by atoms with Crippen molar-refractivity contribution in [3.8, 4) is 0 Å². The second-order valence-electron chi connectivity index (χ2n) is 2.36. The van der Waals surface area contributed by atoms with Crippen LogP contribution in [0.15, 0.2) is 23.9 Å². The molecule has 0 aliphatic carbocycles. The van der Waals surface area contributed by atoms with E-state index < -0.39 is 0 Å². The molecule has 0 aromatic rings. The van der Waals surface area contributed by atoms with Gasteiger partial charge >= 0.3 is 0 Å². The first-order chi connectivity index (χ1) is 4.33. The fraction of sp³-hybridized carbons (Fsp3) is 0.500. The van der Waals surface area contributed by atoms with Crippen molar-refractivity contribution in [1.29, 1.82) is 0 Å². The minimum atomic E-state index is 0.518. The minimum Gasteiger partial charge on any atom is -0.382 e. The third-order valence-corrected chi connectivity index (χ3v) is 1.49. The zero-order chi connectivity index (χ0) is 6.69. The predicted molar refractivity (Wildman–Crippen MR) is 40.1 cm³/mol. The SMILES string of the molecule is CCC1=CC=CC(C)N1. The van der Waals surface area contributed by atoms with Crippen molar-refractivity contribution >= 4 is 0 Å². The van der Waals surface area contributed by atoms with Gasteiger partial charge in [0.05, 0.1) is 0 Å². The van der Waals surface area contributed by atoms with E-state index in [1.807, 2.05) is 0 Å². The maximum atomic E-state index is 3.34. The lowest BCUT2D eigenvalue weighted by Gasteiger charge is -2.16. The molecule has 1 unspecified atom stereocenters. The van der Waals surface area contributed by atoms with Crippen LogP contribution in [0.1, 0.15) is 20.3 Å². The van der Waals surface area contributed by atoms with E-state index in [9.17, 15) is 0 Å². The highest BCUT2D eigenvalue weighted by Gasteiger charge is 2.00. The summed E-state index contributed by atoms with van der Waals surface area (Å²) in [4.78, 5) is 0. The van der Waals surface area contributed by atoms with Gasteiger partial charge in [-0.2, -0.15) is 0 Å². The summed E-state index contributed by atoms with van der Waals surface area (Å²) in [5.41, 5.74) is 1.34. The van der Waals surface area contributed by atoms with Crippen molar-refractivity contribution in [2.45, 2.75) is 26.3 Å². The Morgan fingerprint density at radius 3 is 2.89 bits per heavy atom. The van der Waals surface area contributed by atoms with Crippen molar-refractivity contribution in [3.63, 3.8) is 0 Å². The zero-order valence-corrected chi connectivity index (χ0v) is 6.02. The van der Waals surface area contributed by atoms with Crippen molar-refractivity contribution in [2.24, 2.45) is 0 Å². The van der Waals surface area contributed by atoms with Crippen molar-refractivity contribution in [2.75, 3.05) is 0 Å². The largest absolute Gasteiger partial charge is 0.382 e. The summed E-state index contributed by atoms with van der Waals surface area (Å²) in [5.74, 6) is 0. The minimum absolute atomic E-state index is 0.518. The number of rotatable bonds is 1. The molecule has 1 aliphatic heterocycles. The maximum Gasteiger partial charge on any atom is 0.0416 e. The summed E-state index contributed by atoms with van der Waals surface area (Å²) in [6.45, 7) is 4.31. The molecule has 1 rings (SSSR count). The molecule has 0 saturated heterocycles. The van der Waals surface area contributed by atoms with Crippen LogP contribution in [0.3, 0.4) is 0 Å². The Kier molecular flexibility index (Phi) is 1.93. The van der Waals surface area contributed by atoms with Gasteiger partial charge in [0, 0.05) is 11.7 Å². The van der Waals surface area contributed by atoms with Crippen LogP contribution in [0.2, 0.25) is 0 Å². The molecule has 0 radical (unpaired) electrons. The second-order valence-corrected chi connectivity index (χ2v) is 2.36. The van der Waals surface area contributed by atoms with E-state index in [1.54, 1.807) is 0 Å². The van der Waals surface area contributed by atoms with E-state index in [0.29, 0.717) is 6.04 Å². The fourth-order valence-corrected chi connectivity index (χ4v) is 0.947. The highest BCUT2D eigenvalue weighted by Crippen LogP contribution is 2.03. The molecule has 1 aliphatic rings. The van der Waals surface area contributed by atoms with E-state index in [1.165, 1.54) is 5.70 Å². The molecule has 0 bridgehead atoms. The van der Waals surface area contributed by atoms with Crippen LogP contribution in [0, 0.1) is 0 Å². The van der Waals surface area contributed by atoms with Gasteiger partial charge in [-0.3, -0.25) is 0 Å². The molecule has 0 fully saturated rings. The van der Waals surface area contributed by atoms with Crippen molar-refractivity contribution < 1.29 is 0 Å². The monoisotopic (exact) mass is 123 g/mol. The molecule has 0 spiro atoms. The lowest BCUT2D eigenvalue weighted by atomic mass is 10.2. The molecule has 1 nitrogen and oxygen atoms in total. The van der Waals surface area contributed by atoms with E-state index >= 15 is 0 Å². The number of allylic oxidation sites excluding steroid dienone is 3. The van der Waals surface area contributed by atoms with Gasteiger partial charge < -0.3 is 5.32 Å². The zero-order valence-electron chi connectivity index (χ0n) is 6.02. The molecule has 0 amide bonds. The summed E-state index contributed by atoms with van der Waals surface area (Å²) in [6, 6.07) is 0.518. The van der Waals surface area contributed by atoms with Crippen LogP contribution in [0.5, 0.6) is 0 Å². The van der Waals surface area contributed by atoms with Crippen molar-refractivity contribution in [3.05, 3.63) is 23.9 Å². The first kappa shape index (κ1) is 6.40. The Labute approximate surface area is 56.5 Å². The quantitative estimate of drug-likeness (QED) is 0.561. The molecule has 50 valence electrons. The maximum absolute atomic E-state index is 3.34. The van der Waals surface area contributed by atoms with Gasteiger partial charge in [-0.25, -0.2) is 0 Å². The van der Waals surface area contributed by atoms with Crippen LogP contribution in [-0.2, 0) is 0 Å². The number of nitrogens with one attached hydrogen (secondary N) is 1. The van der Waals surface area contributed by atoms with E-state index in [2.05, 4.69) is 37.4 Å². The molecule has 0 aromatic carbocycles. The molecule has 0 saturated carbocycles. The molecule has 1 N–H and O–H groups in total. The molecule has 9 heavy (non-hydrogen) atoms. The first-order valence-corrected chi connectivity index (χ1v) is 3.47. The predicted octanol–water partition coefficient (Wildman–Crippen LogP) is 1.83. The molecule has 1 heteroatoms.